The van der Waals surface area contributed by atoms with E-state index in [4.69, 9.17) is 5.11 Å². The van der Waals surface area contributed by atoms with E-state index in [1.165, 1.54) is 32.1 Å². The van der Waals surface area contributed by atoms with Gasteiger partial charge in [0.25, 0.3) is 0 Å². The second-order valence-electron chi connectivity index (χ2n) is 3.52. The molecule has 0 amide bonds. The zero-order valence-corrected chi connectivity index (χ0v) is 6.84. The number of hydrogen-bond acceptors (Lipinski definition) is 1. The molecule has 1 saturated carbocycles. The summed E-state index contributed by atoms with van der Waals surface area (Å²) >= 11 is 0. The van der Waals surface area contributed by atoms with Gasteiger partial charge in [-0.25, -0.2) is 0 Å². The number of aliphatic hydroxyl groups excluding tert-OH is 1. The van der Waals surface area contributed by atoms with Crippen molar-refractivity contribution < 1.29 is 5.11 Å². The Hall–Kier alpha value is -0.0400. The smallest absolute Gasteiger partial charge is 0.0459 e. The SMILES string of the molecule is CCC[C@H]1CC[C@H](CO)C1. The van der Waals surface area contributed by atoms with Crippen LogP contribution in [0.2, 0.25) is 0 Å². The highest BCUT2D eigenvalue weighted by molar-refractivity contribution is 4.74. The van der Waals surface area contributed by atoms with Crippen LogP contribution in [0.5, 0.6) is 0 Å². The Bertz CT molecular complexity index is 90.7. The molecule has 1 fully saturated rings. The summed E-state index contributed by atoms with van der Waals surface area (Å²) in [6.07, 6.45) is 6.59. The maximum Gasteiger partial charge on any atom is 0.0459 e. The minimum absolute atomic E-state index is 0.417. The molecule has 0 aliphatic heterocycles. The summed E-state index contributed by atoms with van der Waals surface area (Å²) in [7, 11) is 0. The number of aliphatic hydroxyl groups is 1. The molecule has 0 aromatic heterocycles. The molecule has 2 atom stereocenters. The summed E-state index contributed by atoms with van der Waals surface area (Å²) in [6, 6.07) is 0. The Morgan fingerprint density at radius 1 is 1.30 bits per heavy atom. The van der Waals surface area contributed by atoms with Crippen molar-refractivity contribution >= 4 is 0 Å². The van der Waals surface area contributed by atoms with Crippen molar-refractivity contribution in [2.24, 2.45) is 11.8 Å². The number of hydrogen-bond donors (Lipinski definition) is 1. The third kappa shape index (κ3) is 1.98. The molecule has 0 radical (unpaired) electrons. The van der Waals surface area contributed by atoms with E-state index in [-0.39, 0.29) is 0 Å². The molecule has 0 aromatic rings. The largest absolute Gasteiger partial charge is 0.396 e. The van der Waals surface area contributed by atoms with E-state index < -0.39 is 0 Å². The van der Waals surface area contributed by atoms with E-state index >= 15 is 0 Å². The lowest BCUT2D eigenvalue weighted by Gasteiger charge is -2.06. The number of rotatable bonds is 3. The highest BCUT2D eigenvalue weighted by Crippen LogP contribution is 2.33. The lowest BCUT2D eigenvalue weighted by atomic mass is 10.0. The van der Waals surface area contributed by atoms with Gasteiger partial charge in [0.15, 0.2) is 0 Å². The van der Waals surface area contributed by atoms with Crippen molar-refractivity contribution in [3.05, 3.63) is 0 Å². The summed E-state index contributed by atoms with van der Waals surface area (Å²) < 4.78 is 0. The first-order chi connectivity index (χ1) is 4.86. The first-order valence-corrected chi connectivity index (χ1v) is 4.47. The van der Waals surface area contributed by atoms with Gasteiger partial charge in [0.2, 0.25) is 0 Å². The van der Waals surface area contributed by atoms with Crippen molar-refractivity contribution in [3.63, 3.8) is 0 Å². The Morgan fingerprint density at radius 2 is 2.00 bits per heavy atom. The molecule has 0 saturated heterocycles. The third-order valence-electron chi connectivity index (χ3n) is 2.60. The van der Waals surface area contributed by atoms with Crippen molar-refractivity contribution in [2.75, 3.05) is 6.61 Å². The molecule has 1 nitrogen and oxygen atoms in total. The molecule has 0 aromatic carbocycles. The molecule has 10 heavy (non-hydrogen) atoms. The van der Waals surface area contributed by atoms with Gasteiger partial charge in [-0.15, -0.1) is 0 Å². The van der Waals surface area contributed by atoms with Crippen LogP contribution < -0.4 is 0 Å². The van der Waals surface area contributed by atoms with Crippen molar-refractivity contribution in [1.82, 2.24) is 0 Å². The van der Waals surface area contributed by atoms with Crippen LogP contribution in [0.4, 0.5) is 0 Å². The second-order valence-corrected chi connectivity index (χ2v) is 3.52. The zero-order valence-electron chi connectivity index (χ0n) is 6.84. The predicted molar refractivity (Wildman–Crippen MR) is 42.8 cm³/mol. The van der Waals surface area contributed by atoms with Gasteiger partial charge in [0, 0.05) is 6.61 Å². The normalized spacial score (nSPS) is 33.0. The lowest BCUT2D eigenvalue weighted by Crippen LogP contribution is -2.00. The molecule has 0 heterocycles. The molecule has 0 unspecified atom stereocenters. The van der Waals surface area contributed by atoms with Crippen LogP contribution in [0.25, 0.3) is 0 Å². The van der Waals surface area contributed by atoms with Gasteiger partial charge in [-0.2, -0.15) is 0 Å². The van der Waals surface area contributed by atoms with Crippen LogP contribution in [-0.4, -0.2) is 11.7 Å². The van der Waals surface area contributed by atoms with Crippen LogP contribution in [0.3, 0.4) is 0 Å². The first kappa shape index (κ1) is 8.06. The molecule has 0 spiro atoms. The van der Waals surface area contributed by atoms with Gasteiger partial charge in [0.05, 0.1) is 0 Å². The van der Waals surface area contributed by atoms with Crippen LogP contribution in [0.1, 0.15) is 39.0 Å². The summed E-state index contributed by atoms with van der Waals surface area (Å²) in [4.78, 5) is 0. The van der Waals surface area contributed by atoms with Crippen LogP contribution >= 0.6 is 0 Å². The standard InChI is InChI=1S/C9H18O/c1-2-3-8-4-5-9(6-8)7-10/h8-10H,2-7H2,1H3/t8-,9-/m0/s1. The van der Waals surface area contributed by atoms with E-state index in [1.54, 1.807) is 0 Å². The third-order valence-corrected chi connectivity index (χ3v) is 2.60. The van der Waals surface area contributed by atoms with E-state index in [0.29, 0.717) is 12.5 Å². The van der Waals surface area contributed by atoms with Gasteiger partial charge in [0.1, 0.15) is 0 Å². The highest BCUT2D eigenvalue weighted by atomic mass is 16.3. The van der Waals surface area contributed by atoms with Gasteiger partial charge >= 0.3 is 0 Å². The van der Waals surface area contributed by atoms with Gasteiger partial charge in [-0.1, -0.05) is 26.2 Å². The fraction of sp³-hybridized carbons (Fsp3) is 1.00. The average molecular weight is 142 g/mol. The molecule has 1 N–H and O–H groups in total. The lowest BCUT2D eigenvalue weighted by molar-refractivity contribution is 0.225. The quantitative estimate of drug-likeness (QED) is 0.640. The van der Waals surface area contributed by atoms with E-state index in [1.807, 2.05) is 0 Å². The maximum atomic E-state index is 8.85. The first-order valence-electron chi connectivity index (χ1n) is 4.47. The molecule has 1 heteroatoms. The monoisotopic (exact) mass is 142 g/mol. The Morgan fingerprint density at radius 3 is 2.50 bits per heavy atom. The Labute approximate surface area is 63.4 Å². The topological polar surface area (TPSA) is 20.2 Å². The van der Waals surface area contributed by atoms with E-state index in [9.17, 15) is 0 Å². The summed E-state index contributed by atoms with van der Waals surface area (Å²) in [6.45, 7) is 2.66. The van der Waals surface area contributed by atoms with Crippen LogP contribution in [0.15, 0.2) is 0 Å². The van der Waals surface area contributed by atoms with E-state index in [2.05, 4.69) is 6.92 Å². The van der Waals surface area contributed by atoms with Gasteiger partial charge in [-0.3, -0.25) is 0 Å². The molecule has 0 bridgehead atoms. The van der Waals surface area contributed by atoms with Gasteiger partial charge in [-0.05, 0) is 24.7 Å². The van der Waals surface area contributed by atoms with Crippen molar-refractivity contribution in [3.8, 4) is 0 Å². The molecule has 1 rings (SSSR count). The van der Waals surface area contributed by atoms with E-state index in [0.717, 1.165) is 5.92 Å². The minimum Gasteiger partial charge on any atom is -0.396 e. The Balaban J connectivity index is 2.15. The zero-order chi connectivity index (χ0) is 7.40. The van der Waals surface area contributed by atoms with Crippen LogP contribution in [-0.2, 0) is 0 Å². The fourth-order valence-corrected chi connectivity index (χ4v) is 2.01. The second kappa shape index (κ2) is 3.97. The van der Waals surface area contributed by atoms with Crippen LogP contribution in [0, 0.1) is 11.8 Å². The van der Waals surface area contributed by atoms with Crippen molar-refractivity contribution in [2.45, 2.75) is 39.0 Å². The maximum absolute atomic E-state index is 8.85. The molecule has 1 aliphatic carbocycles. The van der Waals surface area contributed by atoms with Gasteiger partial charge < -0.3 is 5.11 Å². The molecular weight excluding hydrogens is 124 g/mol. The molecule has 1 aliphatic rings. The van der Waals surface area contributed by atoms with Crippen molar-refractivity contribution in [1.29, 1.82) is 0 Å². The highest BCUT2D eigenvalue weighted by Gasteiger charge is 2.22. The summed E-state index contributed by atoms with van der Waals surface area (Å²) in [5.74, 6) is 1.57. The average Bonchev–Trinajstić information content (AvgIpc) is 2.37. The summed E-state index contributed by atoms with van der Waals surface area (Å²) in [5.41, 5.74) is 0. The Kier molecular flexibility index (Phi) is 3.20. The molecular formula is C9H18O. The predicted octanol–water partition coefficient (Wildman–Crippen LogP) is 2.20. The summed E-state index contributed by atoms with van der Waals surface area (Å²) in [5, 5.41) is 8.85. The molecule has 60 valence electrons. The fourth-order valence-electron chi connectivity index (χ4n) is 2.01. The minimum atomic E-state index is 0.417.